The number of benzene rings is 1. The van der Waals surface area contributed by atoms with Gasteiger partial charge in [0.05, 0.1) is 6.07 Å². The quantitative estimate of drug-likeness (QED) is 0.532. The van der Waals surface area contributed by atoms with Crippen molar-refractivity contribution < 1.29 is 8.78 Å². The van der Waals surface area contributed by atoms with E-state index in [0.29, 0.717) is 11.8 Å². The summed E-state index contributed by atoms with van der Waals surface area (Å²) in [6.45, 7) is 0. The van der Waals surface area contributed by atoms with Crippen LogP contribution in [0.4, 0.5) is 8.78 Å². The van der Waals surface area contributed by atoms with Gasteiger partial charge in [-0.15, -0.1) is 0 Å². The molecule has 0 unspecified atom stereocenters. The Morgan fingerprint density at radius 1 is 1.09 bits per heavy atom. The predicted octanol–water partition coefficient (Wildman–Crippen LogP) is 5.34. The molecule has 0 N–H and O–H groups in total. The average molecular weight is 301 g/mol. The van der Waals surface area contributed by atoms with Gasteiger partial charge in [0.2, 0.25) is 0 Å². The minimum absolute atomic E-state index is 0.600. The molecule has 0 heterocycles. The van der Waals surface area contributed by atoms with Gasteiger partial charge in [-0.25, -0.2) is 8.78 Å². The van der Waals surface area contributed by atoms with Crippen LogP contribution in [0.5, 0.6) is 0 Å². The molecule has 0 spiro atoms. The molecule has 22 heavy (non-hydrogen) atoms. The fourth-order valence-corrected chi connectivity index (χ4v) is 3.06. The van der Waals surface area contributed by atoms with E-state index >= 15 is 0 Å². The standard InChI is InChI=1S/C19H21F2N/c20-18-12-11-17(14-19(18)21)10-9-16-7-5-15(6-8-16)4-2-1-3-13-22/h1-4,11-12,14-16H,5-10H2/t15-,16-. The van der Waals surface area contributed by atoms with Crippen molar-refractivity contribution in [2.24, 2.45) is 11.8 Å². The van der Waals surface area contributed by atoms with Crippen molar-refractivity contribution in [3.8, 4) is 6.07 Å². The summed E-state index contributed by atoms with van der Waals surface area (Å²) in [5.41, 5.74) is 0.877. The van der Waals surface area contributed by atoms with Crippen LogP contribution < -0.4 is 0 Å². The Morgan fingerprint density at radius 2 is 1.86 bits per heavy atom. The number of rotatable bonds is 5. The Labute approximate surface area is 131 Å². The smallest absolute Gasteiger partial charge is 0.159 e. The Hall–Kier alpha value is -1.95. The Balaban J connectivity index is 1.73. The summed E-state index contributed by atoms with van der Waals surface area (Å²) >= 11 is 0. The lowest BCUT2D eigenvalue weighted by atomic mass is 9.79. The maximum atomic E-state index is 13.2. The summed E-state index contributed by atoms with van der Waals surface area (Å²) < 4.78 is 26.0. The van der Waals surface area contributed by atoms with Crippen molar-refractivity contribution in [3.63, 3.8) is 0 Å². The molecular formula is C19H21F2N. The van der Waals surface area contributed by atoms with Gasteiger partial charge in [-0.05, 0) is 68.1 Å². The van der Waals surface area contributed by atoms with Gasteiger partial charge < -0.3 is 0 Å². The van der Waals surface area contributed by atoms with E-state index in [9.17, 15) is 8.78 Å². The fraction of sp³-hybridized carbons (Fsp3) is 0.421. The molecule has 2 rings (SSSR count). The van der Waals surface area contributed by atoms with E-state index in [1.165, 1.54) is 43.9 Å². The van der Waals surface area contributed by atoms with Crippen LogP contribution in [0.2, 0.25) is 0 Å². The van der Waals surface area contributed by atoms with Gasteiger partial charge in [-0.3, -0.25) is 0 Å². The zero-order valence-electron chi connectivity index (χ0n) is 12.6. The molecule has 3 heteroatoms. The zero-order valence-corrected chi connectivity index (χ0v) is 12.6. The molecule has 0 aromatic heterocycles. The molecular weight excluding hydrogens is 280 g/mol. The van der Waals surface area contributed by atoms with Gasteiger partial charge in [0.15, 0.2) is 11.6 Å². The van der Waals surface area contributed by atoms with Crippen molar-refractivity contribution in [2.75, 3.05) is 0 Å². The number of aryl methyl sites for hydroxylation is 1. The van der Waals surface area contributed by atoms with Crippen LogP contribution in [0, 0.1) is 34.8 Å². The topological polar surface area (TPSA) is 23.8 Å². The highest BCUT2D eigenvalue weighted by molar-refractivity contribution is 5.18. The van der Waals surface area contributed by atoms with Gasteiger partial charge in [0.1, 0.15) is 0 Å². The first-order valence-corrected chi connectivity index (χ1v) is 7.86. The first-order valence-electron chi connectivity index (χ1n) is 7.86. The minimum atomic E-state index is -0.776. The van der Waals surface area contributed by atoms with Gasteiger partial charge in [0.25, 0.3) is 0 Å². The van der Waals surface area contributed by atoms with Gasteiger partial charge in [0, 0.05) is 6.08 Å². The lowest BCUT2D eigenvalue weighted by molar-refractivity contribution is 0.296. The molecule has 0 amide bonds. The maximum Gasteiger partial charge on any atom is 0.159 e. The molecule has 1 saturated carbocycles. The number of hydrogen-bond acceptors (Lipinski definition) is 1. The summed E-state index contributed by atoms with van der Waals surface area (Å²) in [6, 6.07) is 6.17. The molecule has 0 atom stereocenters. The van der Waals surface area contributed by atoms with Crippen molar-refractivity contribution >= 4 is 0 Å². The number of halogens is 2. The average Bonchev–Trinajstić information content (AvgIpc) is 2.54. The van der Waals surface area contributed by atoms with Gasteiger partial charge >= 0.3 is 0 Å². The molecule has 116 valence electrons. The summed E-state index contributed by atoms with van der Waals surface area (Å²) in [4.78, 5) is 0. The third-order valence-electron chi connectivity index (χ3n) is 4.38. The van der Waals surface area contributed by atoms with E-state index < -0.39 is 11.6 Å². The fourth-order valence-electron chi connectivity index (χ4n) is 3.06. The maximum absolute atomic E-state index is 13.2. The molecule has 0 radical (unpaired) electrons. The van der Waals surface area contributed by atoms with E-state index in [0.717, 1.165) is 18.4 Å². The summed E-state index contributed by atoms with van der Waals surface area (Å²) in [5, 5.41) is 8.41. The van der Waals surface area contributed by atoms with Crippen LogP contribution in [-0.2, 0) is 6.42 Å². The highest BCUT2D eigenvalue weighted by Crippen LogP contribution is 2.32. The monoisotopic (exact) mass is 301 g/mol. The normalized spacial score (nSPS) is 22.2. The third kappa shape index (κ3) is 5.11. The first kappa shape index (κ1) is 16.4. The molecule has 1 nitrogen and oxygen atoms in total. The third-order valence-corrected chi connectivity index (χ3v) is 4.38. The largest absolute Gasteiger partial charge is 0.204 e. The molecule has 0 bridgehead atoms. The number of hydrogen-bond donors (Lipinski definition) is 0. The molecule has 1 fully saturated rings. The highest BCUT2D eigenvalue weighted by Gasteiger charge is 2.19. The highest BCUT2D eigenvalue weighted by atomic mass is 19.2. The van der Waals surface area contributed by atoms with Crippen LogP contribution in [0.1, 0.15) is 37.7 Å². The molecule has 1 aliphatic carbocycles. The van der Waals surface area contributed by atoms with E-state index in [4.69, 9.17) is 5.26 Å². The minimum Gasteiger partial charge on any atom is -0.204 e. The van der Waals surface area contributed by atoms with E-state index in [2.05, 4.69) is 6.08 Å². The Kier molecular flexibility index (Phi) is 6.33. The number of nitrogens with zero attached hydrogens (tertiary/aromatic N) is 1. The lowest BCUT2D eigenvalue weighted by Gasteiger charge is -2.26. The Morgan fingerprint density at radius 3 is 2.55 bits per heavy atom. The second kappa shape index (κ2) is 8.48. The molecule has 0 aliphatic heterocycles. The summed E-state index contributed by atoms with van der Waals surface area (Å²) in [7, 11) is 0. The van der Waals surface area contributed by atoms with E-state index in [1.807, 2.05) is 12.1 Å². The lowest BCUT2D eigenvalue weighted by Crippen LogP contribution is -2.13. The van der Waals surface area contributed by atoms with Crippen molar-refractivity contribution in [1.82, 2.24) is 0 Å². The van der Waals surface area contributed by atoms with E-state index in [-0.39, 0.29) is 0 Å². The van der Waals surface area contributed by atoms with Crippen LogP contribution >= 0.6 is 0 Å². The van der Waals surface area contributed by atoms with Gasteiger partial charge in [-0.2, -0.15) is 5.26 Å². The van der Waals surface area contributed by atoms with Crippen molar-refractivity contribution in [2.45, 2.75) is 38.5 Å². The van der Waals surface area contributed by atoms with Crippen molar-refractivity contribution in [3.05, 3.63) is 59.7 Å². The molecule has 1 aromatic rings. The van der Waals surface area contributed by atoms with E-state index in [1.54, 1.807) is 12.1 Å². The molecule has 1 aromatic carbocycles. The van der Waals surface area contributed by atoms with Crippen LogP contribution in [-0.4, -0.2) is 0 Å². The summed E-state index contributed by atoms with van der Waals surface area (Å²) in [5.74, 6) is -0.256. The van der Waals surface area contributed by atoms with Crippen molar-refractivity contribution in [1.29, 1.82) is 5.26 Å². The second-order valence-corrected chi connectivity index (χ2v) is 5.94. The van der Waals surface area contributed by atoms with Crippen LogP contribution in [0.25, 0.3) is 0 Å². The Bertz CT molecular complexity index is 576. The predicted molar refractivity (Wildman–Crippen MR) is 84.0 cm³/mol. The SMILES string of the molecule is N#CC=CC=C[C@H]1CC[C@H](CCc2ccc(F)c(F)c2)CC1. The summed E-state index contributed by atoms with van der Waals surface area (Å²) in [6.07, 6.45) is 13.9. The van der Waals surface area contributed by atoms with Crippen LogP contribution in [0.15, 0.2) is 42.5 Å². The molecule has 1 aliphatic rings. The number of allylic oxidation sites excluding steroid dienone is 4. The number of nitriles is 1. The van der Waals surface area contributed by atoms with Gasteiger partial charge in [-0.1, -0.05) is 24.3 Å². The zero-order chi connectivity index (χ0) is 15.8. The molecule has 0 saturated heterocycles. The second-order valence-electron chi connectivity index (χ2n) is 5.94. The first-order chi connectivity index (χ1) is 10.7. The van der Waals surface area contributed by atoms with Crippen LogP contribution in [0.3, 0.4) is 0 Å².